The maximum atomic E-state index is 11.7. The second-order valence-corrected chi connectivity index (χ2v) is 10.5. The van der Waals surface area contributed by atoms with Gasteiger partial charge in [0.2, 0.25) is 0 Å². The van der Waals surface area contributed by atoms with Crippen molar-refractivity contribution >= 4 is 23.0 Å². The highest BCUT2D eigenvalue weighted by atomic mass is 32.1. The summed E-state index contributed by atoms with van der Waals surface area (Å²) in [5, 5.41) is 13.1. The van der Waals surface area contributed by atoms with Crippen molar-refractivity contribution in [3.8, 4) is 11.8 Å². The zero-order valence-corrected chi connectivity index (χ0v) is 18.7. The van der Waals surface area contributed by atoms with Crippen molar-refractivity contribution in [2.24, 2.45) is 11.3 Å². The lowest BCUT2D eigenvalue weighted by Gasteiger charge is -2.32. The van der Waals surface area contributed by atoms with Gasteiger partial charge in [0.1, 0.15) is 4.88 Å². The number of carboxylic acids is 1. The maximum absolute atomic E-state index is 11.7. The topological polar surface area (TPSA) is 77.0 Å². The molecule has 0 unspecified atom stereocenters. The number of ether oxygens (including phenoxy) is 3. The Morgan fingerprint density at radius 3 is 2.70 bits per heavy atom. The molecular formula is C23H31NO5S. The normalized spacial score (nSPS) is 31.1. The third-order valence-electron chi connectivity index (χ3n) is 5.87. The number of anilines is 1. The maximum Gasteiger partial charge on any atom is 0.348 e. The molecule has 2 N–H and O–H groups in total. The second-order valence-electron chi connectivity index (χ2n) is 9.48. The van der Waals surface area contributed by atoms with Crippen LogP contribution in [-0.2, 0) is 14.2 Å². The average Bonchev–Trinajstić information content (AvgIpc) is 3.38. The van der Waals surface area contributed by atoms with Crippen LogP contribution in [-0.4, -0.2) is 48.8 Å². The summed E-state index contributed by atoms with van der Waals surface area (Å²) in [7, 11) is 0. The van der Waals surface area contributed by atoms with Gasteiger partial charge < -0.3 is 24.6 Å². The molecule has 0 amide bonds. The fraction of sp³-hybridized carbons (Fsp3) is 0.696. The van der Waals surface area contributed by atoms with Crippen LogP contribution in [0.2, 0.25) is 0 Å². The third-order valence-corrected chi connectivity index (χ3v) is 6.91. The Balaban J connectivity index is 1.32. The van der Waals surface area contributed by atoms with Gasteiger partial charge in [-0.05, 0) is 58.9 Å². The van der Waals surface area contributed by atoms with E-state index >= 15 is 0 Å². The van der Waals surface area contributed by atoms with Crippen LogP contribution in [0.4, 0.5) is 5.69 Å². The van der Waals surface area contributed by atoms with Gasteiger partial charge in [-0.1, -0.05) is 11.8 Å². The lowest BCUT2D eigenvalue weighted by molar-refractivity contribution is -0.0914. The van der Waals surface area contributed by atoms with Crippen molar-refractivity contribution in [2.75, 3.05) is 18.5 Å². The molecule has 1 aromatic heterocycles. The second kappa shape index (κ2) is 8.88. The summed E-state index contributed by atoms with van der Waals surface area (Å²) in [6.07, 6.45) is 5.18. The van der Waals surface area contributed by atoms with Crippen LogP contribution in [0.25, 0.3) is 0 Å². The molecule has 3 fully saturated rings. The molecule has 3 aliphatic rings. The lowest BCUT2D eigenvalue weighted by Crippen LogP contribution is -2.34. The molecule has 1 saturated carbocycles. The fourth-order valence-electron chi connectivity index (χ4n) is 4.34. The number of carbonyl (C=O) groups is 1. The van der Waals surface area contributed by atoms with Crippen molar-refractivity contribution in [2.45, 2.75) is 77.4 Å². The molecule has 30 heavy (non-hydrogen) atoms. The standard InChI is InChI=1S/C23H31NO5S/c1-23(2,3)10-8-16-12-18(20(30-16)21(25)26)24-14-4-6-15(7-5-14)29-19-13-28-22-17(19)9-11-27-22/h12,14-15,17,19,22,24H,4-7,9,11,13H2,1-3H3,(H,25,26)/t14?,15?,17-,19+,22+/m0/s1. The summed E-state index contributed by atoms with van der Waals surface area (Å²) >= 11 is 1.24. The van der Waals surface area contributed by atoms with Crippen LogP contribution < -0.4 is 5.32 Å². The van der Waals surface area contributed by atoms with Crippen LogP contribution in [0.5, 0.6) is 0 Å². The van der Waals surface area contributed by atoms with E-state index in [0.29, 0.717) is 23.1 Å². The Labute approximate surface area is 182 Å². The highest BCUT2D eigenvalue weighted by molar-refractivity contribution is 7.15. The van der Waals surface area contributed by atoms with Crippen molar-refractivity contribution in [1.82, 2.24) is 0 Å². The molecule has 2 aliphatic heterocycles. The Hall–Kier alpha value is -1.59. The minimum absolute atomic E-state index is 0.0726. The number of carboxylic acid groups (broad SMARTS) is 1. The zero-order valence-electron chi connectivity index (χ0n) is 17.9. The van der Waals surface area contributed by atoms with Gasteiger partial charge in [-0.25, -0.2) is 4.79 Å². The number of hydrogen-bond donors (Lipinski definition) is 2. The van der Waals surface area contributed by atoms with Crippen LogP contribution in [0.3, 0.4) is 0 Å². The molecule has 2 saturated heterocycles. The number of thiophene rings is 1. The number of rotatable bonds is 5. The predicted molar refractivity (Wildman–Crippen MR) is 116 cm³/mol. The smallest absolute Gasteiger partial charge is 0.348 e. The van der Waals surface area contributed by atoms with Crippen LogP contribution in [0.1, 0.15) is 67.4 Å². The van der Waals surface area contributed by atoms with Gasteiger partial charge in [-0.2, -0.15) is 0 Å². The highest BCUT2D eigenvalue weighted by Crippen LogP contribution is 2.36. The van der Waals surface area contributed by atoms with Gasteiger partial charge in [0, 0.05) is 17.4 Å². The van der Waals surface area contributed by atoms with E-state index in [4.69, 9.17) is 14.2 Å². The number of fused-ring (bicyclic) bond motifs is 1. The van der Waals surface area contributed by atoms with Crippen molar-refractivity contribution in [3.05, 3.63) is 15.8 Å². The molecule has 3 atom stereocenters. The first-order valence-corrected chi connectivity index (χ1v) is 11.7. The summed E-state index contributed by atoms with van der Waals surface area (Å²) in [4.78, 5) is 12.8. The lowest BCUT2D eigenvalue weighted by atomic mass is 9.92. The molecule has 6 nitrogen and oxygen atoms in total. The van der Waals surface area contributed by atoms with Crippen molar-refractivity contribution in [1.29, 1.82) is 0 Å². The Morgan fingerprint density at radius 2 is 2.00 bits per heavy atom. The molecule has 4 rings (SSSR count). The quantitative estimate of drug-likeness (QED) is 0.673. The van der Waals surface area contributed by atoms with E-state index in [1.807, 2.05) is 26.8 Å². The van der Waals surface area contributed by atoms with E-state index in [2.05, 4.69) is 17.2 Å². The summed E-state index contributed by atoms with van der Waals surface area (Å²) in [6.45, 7) is 7.53. The van der Waals surface area contributed by atoms with Crippen LogP contribution in [0.15, 0.2) is 6.07 Å². The molecular weight excluding hydrogens is 402 g/mol. The minimum atomic E-state index is -0.905. The molecule has 1 aromatic rings. The number of hydrogen-bond acceptors (Lipinski definition) is 6. The van der Waals surface area contributed by atoms with Crippen LogP contribution >= 0.6 is 11.3 Å². The van der Waals surface area contributed by atoms with E-state index in [-0.39, 0.29) is 30.0 Å². The average molecular weight is 434 g/mol. The first kappa shape index (κ1) is 21.6. The Bertz CT molecular complexity index is 825. The molecule has 0 spiro atoms. The van der Waals surface area contributed by atoms with Gasteiger partial charge in [0.25, 0.3) is 0 Å². The van der Waals surface area contributed by atoms with Crippen LogP contribution in [0, 0.1) is 23.2 Å². The van der Waals surface area contributed by atoms with Gasteiger partial charge in [0.05, 0.1) is 36.0 Å². The van der Waals surface area contributed by atoms with Crippen molar-refractivity contribution in [3.63, 3.8) is 0 Å². The first-order chi connectivity index (χ1) is 14.3. The summed E-state index contributed by atoms with van der Waals surface area (Å²) in [6, 6.07) is 2.13. The highest BCUT2D eigenvalue weighted by Gasteiger charge is 2.43. The molecule has 1 aliphatic carbocycles. The van der Waals surface area contributed by atoms with E-state index in [1.165, 1.54) is 11.3 Å². The predicted octanol–water partition coefficient (Wildman–Crippen LogP) is 4.35. The SMILES string of the molecule is CC(C)(C)C#Cc1cc(NC2CCC(O[C@@H]3CO[C@H]4OCC[C@H]43)CC2)c(C(=O)O)s1. The summed E-state index contributed by atoms with van der Waals surface area (Å²) in [5.74, 6) is 5.78. The molecule has 3 heterocycles. The number of nitrogens with one attached hydrogen (secondary N) is 1. The molecule has 164 valence electrons. The van der Waals surface area contributed by atoms with Crippen molar-refractivity contribution < 1.29 is 24.1 Å². The Kier molecular flexibility index (Phi) is 6.40. The molecule has 0 bridgehead atoms. The first-order valence-electron chi connectivity index (χ1n) is 10.8. The third kappa shape index (κ3) is 5.17. The molecule has 0 radical (unpaired) electrons. The van der Waals surface area contributed by atoms with Gasteiger partial charge in [-0.3, -0.25) is 0 Å². The molecule has 0 aromatic carbocycles. The monoisotopic (exact) mass is 433 g/mol. The Morgan fingerprint density at radius 1 is 1.23 bits per heavy atom. The van der Waals surface area contributed by atoms with Gasteiger partial charge in [0.15, 0.2) is 6.29 Å². The largest absolute Gasteiger partial charge is 0.477 e. The molecule has 7 heteroatoms. The minimum Gasteiger partial charge on any atom is -0.477 e. The summed E-state index contributed by atoms with van der Waals surface area (Å²) in [5.41, 5.74) is 0.569. The summed E-state index contributed by atoms with van der Waals surface area (Å²) < 4.78 is 17.6. The fourth-order valence-corrected chi connectivity index (χ4v) is 5.16. The van der Waals surface area contributed by atoms with Gasteiger partial charge in [-0.15, -0.1) is 11.3 Å². The van der Waals surface area contributed by atoms with E-state index in [1.54, 1.807) is 0 Å². The van der Waals surface area contributed by atoms with E-state index in [9.17, 15) is 9.90 Å². The zero-order chi connectivity index (χ0) is 21.3. The number of aromatic carboxylic acids is 1. The van der Waals surface area contributed by atoms with E-state index < -0.39 is 5.97 Å². The van der Waals surface area contributed by atoms with E-state index in [0.717, 1.165) is 43.6 Å². The van der Waals surface area contributed by atoms with Gasteiger partial charge >= 0.3 is 5.97 Å².